The predicted octanol–water partition coefficient (Wildman–Crippen LogP) is 3.21. The first-order valence-electron chi connectivity index (χ1n) is 6.58. The number of aryl methyl sites for hydroxylation is 1. The summed E-state index contributed by atoms with van der Waals surface area (Å²) in [6.45, 7) is 3.06. The molecule has 0 unspecified atom stereocenters. The van der Waals surface area contributed by atoms with Gasteiger partial charge in [-0.3, -0.25) is 19.7 Å². The molecule has 118 valence electrons. The number of nitrogens with one attached hydrogen (secondary N) is 1. The van der Waals surface area contributed by atoms with E-state index in [1.54, 1.807) is 25.1 Å². The van der Waals surface area contributed by atoms with Crippen LogP contribution in [0.4, 0.5) is 10.8 Å². The number of amides is 1. The molecule has 0 bridgehead atoms. The Morgan fingerprint density at radius 1 is 1.30 bits per heavy atom. The van der Waals surface area contributed by atoms with Crippen molar-refractivity contribution in [1.29, 1.82) is 0 Å². The molecular formula is C15H13N3O4S. The minimum absolute atomic E-state index is 0.00766. The Hall–Kier alpha value is -2.87. The Morgan fingerprint density at radius 3 is 2.52 bits per heavy atom. The summed E-state index contributed by atoms with van der Waals surface area (Å²) < 4.78 is 0. The van der Waals surface area contributed by atoms with Crippen LogP contribution in [0.15, 0.2) is 30.3 Å². The van der Waals surface area contributed by atoms with Crippen LogP contribution in [0.2, 0.25) is 0 Å². The van der Waals surface area contributed by atoms with Crippen LogP contribution in [0, 0.1) is 17.0 Å². The minimum atomic E-state index is -0.483. The number of nitrogens with zero attached hydrogens (tertiary/aromatic N) is 2. The number of nitro groups is 1. The predicted molar refractivity (Wildman–Crippen MR) is 87.6 cm³/mol. The fraction of sp³-hybridized carbons (Fsp3) is 0.133. The van der Waals surface area contributed by atoms with Gasteiger partial charge < -0.3 is 5.32 Å². The molecule has 0 aliphatic rings. The molecule has 1 heterocycles. The molecule has 23 heavy (non-hydrogen) atoms. The number of carbonyl (C=O) groups is 2. The Balaban J connectivity index is 2.13. The van der Waals surface area contributed by atoms with Crippen LogP contribution < -0.4 is 5.32 Å². The number of allylic oxidation sites excluding steroid dienone is 1. The van der Waals surface area contributed by atoms with Crippen molar-refractivity contribution in [2.24, 2.45) is 0 Å². The lowest BCUT2D eigenvalue weighted by atomic mass is 10.1. The van der Waals surface area contributed by atoms with Crippen molar-refractivity contribution in [2.45, 2.75) is 13.8 Å². The SMILES string of the molecule is CC(=O)Nc1nc(C)c(C(=O)C=Cc2ccc([N+](=O)[O-])cc2)s1. The molecule has 0 saturated heterocycles. The third kappa shape index (κ3) is 4.30. The van der Waals surface area contributed by atoms with Gasteiger partial charge in [-0.05, 0) is 30.7 Å². The highest BCUT2D eigenvalue weighted by Crippen LogP contribution is 2.23. The lowest BCUT2D eigenvalue weighted by Gasteiger charge is -1.94. The van der Waals surface area contributed by atoms with E-state index in [9.17, 15) is 19.7 Å². The van der Waals surface area contributed by atoms with Gasteiger partial charge in [-0.25, -0.2) is 4.98 Å². The van der Waals surface area contributed by atoms with Crippen molar-refractivity contribution >= 4 is 39.9 Å². The van der Waals surface area contributed by atoms with E-state index in [4.69, 9.17) is 0 Å². The zero-order valence-corrected chi connectivity index (χ0v) is 13.2. The number of anilines is 1. The van der Waals surface area contributed by atoms with Crippen molar-refractivity contribution in [3.8, 4) is 0 Å². The van der Waals surface area contributed by atoms with Gasteiger partial charge in [-0.1, -0.05) is 17.4 Å². The molecule has 0 fully saturated rings. The molecule has 1 amide bonds. The van der Waals surface area contributed by atoms with Crippen LogP contribution in [-0.4, -0.2) is 21.6 Å². The fourth-order valence-electron chi connectivity index (χ4n) is 1.78. The maximum Gasteiger partial charge on any atom is 0.269 e. The van der Waals surface area contributed by atoms with Crippen LogP contribution in [0.5, 0.6) is 0 Å². The van der Waals surface area contributed by atoms with E-state index in [1.165, 1.54) is 25.1 Å². The van der Waals surface area contributed by atoms with Gasteiger partial charge in [0, 0.05) is 19.1 Å². The van der Waals surface area contributed by atoms with Gasteiger partial charge in [0.25, 0.3) is 5.69 Å². The summed E-state index contributed by atoms with van der Waals surface area (Å²) in [5.74, 6) is -0.492. The topological polar surface area (TPSA) is 102 Å². The maximum atomic E-state index is 12.2. The molecular weight excluding hydrogens is 318 g/mol. The highest BCUT2D eigenvalue weighted by Gasteiger charge is 2.13. The molecule has 1 aromatic heterocycles. The third-order valence-electron chi connectivity index (χ3n) is 2.83. The second-order valence-corrected chi connectivity index (χ2v) is 5.66. The van der Waals surface area contributed by atoms with E-state index in [0.717, 1.165) is 11.3 Å². The van der Waals surface area contributed by atoms with Gasteiger partial charge in [-0.2, -0.15) is 0 Å². The van der Waals surface area contributed by atoms with E-state index < -0.39 is 4.92 Å². The third-order valence-corrected chi connectivity index (χ3v) is 3.92. The van der Waals surface area contributed by atoms with Gasteiger partial charge in [0.1, 0.15) is 0 Å². The van der Waals surface area contributed by atoms with Crippen LogP contribution in [0.1, 0.15) is 27.9 Å². The monoisotopic (exact) mass is 331 g/mol. The molecule has 0 saturated carbocycles. The lowest BCUT2D eigenvalue weighted by Crippen LogP contribution is -2.04. The van der Waals surface area contributed by atoms with Gasteiger partial charge in [0.15, 0.2) is 10.9 Å². The van der Waals surface area contributed by atoms with Crippen molar-refractivity contribution in [3.63, 3.8) is 0 Å². The standard InChI is InChI=1S/C15H13N3O4S/c1-9-14(23-15(16-9)17-10(2)19)13(20)8-5-11-3-6-12(7-4-11)18(21)22/h3-8H,1-2H3,(H,16,17,19). The van der Waals surface area contributed by atoms with E-state index in [2.05, 4.69) is 10.3 Å². The molecule has 1 aromatic carbocycles. The smallest absolute Gasteiger partial charge is 0.269 e. The summed E-state index contributed by atoms with van der Waals surface area (Å²) in [6, 6.07) is 5.86. The summed E-state index contributed by atoms with van der Waals surface area (Å²) in [5, 5.41) is 13.5. The van der Waals surface area contributed by atoms with Crippen LogP contribution in [0.25, 0.3) is 6.08 Å². The lowest BCUT2D eigenvalue weighted by molar-refractivity contribution is -0.384. The number of ketones is 1. The van der Waals surface area contributed by atoms with Crippen LogP contribution in [-0.2, 0) is 4.79 Å². The maximum absolute atomic E-state index is 12.2. The van der Waals surface area contributed by atoms with Crippen molar-refractivity contribution in [1.82, 2.24) is 4.98 Å². The molecule has 1 N–H and O–H groups in total. The summed E-state index contributed by atoms with van der Waals surface area (Å²) >= 11 is 1.10. The summed E-state index contributed by atoms with van der Waals surface area (Å²) in [4.78, 5) is 37.8. The number of nitro benzene ring substituents is 1. The van der Waals surface area contributed by atoms with Gasteiger partial charge in [0.05, 0.1) is 15.5 Å². The Morgan fingerprint density at radius 2 is 1.96 bits per heavy atom. The molecule has 2 rings (SSSR count). The summed E-state index contributed by atoms with van der Waals surface area (Å²) in [5.41, 5.74) is 1.21. The van der Waals surface area contributed by atoms with Gasteiger partial charge >= 0.3 is 0 Å². The number of non-ortho nitro benzene ring substituents is 1. The Bertz CT molecular complexity index is 794. The molecule has 0 atom stereocenters. The number of aromatic nitrogens is 1. The quantitative estimate of drug-likeness (QED) is 0.392. The number of carbonyl (C=O) groups excluding carboxylic acids is 2. The van der Waals surface area contributed by atoms with Crippen molar-refractivity contribution < 1.29 is 14.5 Å². The molecule has 7 nitrogen and oxygen atoms in total. The number of rotatable bonds is 5. The van der Waals surface area contributed by atoms with Crippen molar-refractivity contribution in [3.05, 3.63) is 56.6 Å². The highest BCUT2D eigenvalue weighted by atomic mass is 32.1. The zero-order valence-electron chi connectivity index (χ0n) is 12.4. The molecule has 8 heteroatoms. The molecule has 0 spiro atoms. The van der Waals surface area contributed by atoms with Crippen molar-refractivity contribution in [2.75, 3.05) is 5.32 Å². The van der Waals surface area contributed by atoms with Gasteiger partial charge in [0.2, 0.25) is 5.91 Å². The number of benzene rings is 1. The zero-order chi connectivity index (χ0) is 17.0. The first kappa shape index (κ1) is 16.5. The fourth-order valence-corrected chi connectivity index (χ4v) is 2.72. The average Bonchev–Trinajstić information content (AvgIpc) is 2.85. The van der Waals surface area contributed by atoms with Gasteiger partial charge in [-0.15, -0.1) is 0 Å². The second-order valence-electron chi connectivity index (χ2n) is 4.66. The molecule has 0 radical (unpaired) electrons. The van der Waals surface area contributed by atoms with E-state index in [-0.39, 0.29) is 17.4 Å². The highest BCUT2D eigenvalue weighted by molar-refractivity contribution is 7.17. The summed E-state index contributed by atoms with van der Waals surface area (Å²) in [6.07, 6.45) is 2.95. The number of hydrogen-bond donors (Lipinski definition) is 1. The van der Waals surface area contributed by atoms with Crippen LogP contribution >= 0.6 is 11.3 Å². The molecule has 0 aliphatic carbocycles. The second kappa shape index (κ2) is 6.93. The summed E-state index contributed by atoms with van der Waals surface area (Å²) in [7, 11) is 0. The number of hydrogen-bond acceptors (Lipinski definition) is 6. The molecule has 2 aromatic rings. The van der Waals surface area contributed by atoms with E-state index in [0.29, 0.717) is 21.3 Å². The molecule has 0 aliphatic heterocycles. The average molecular weight is 331 g/mol. The van der Waals surface area contributed by atoms with Crippen LogP contribution in [0.3, 0.4) is 0 Å². The normalized spacial score (nSPS) is 10.7. The Kier molecular flexibility index (Phi) is 4.97. The number of thiazole rings is 1. The largest absolute Gasteiger partial charge is 0.302 e. The minimum Gasteiger partial charge on any atom is -0.302 e. The van der Waals surface area contributed by atoms with E-state index >= 15 is 0 Å². The Labute approximate surface area is 135 Å². The first-order chi connectivity index (χ1) is 10.9. The first-order valence-corrected chi connectivity index (χ1v) is 7.40. The van der Waals surface area contributed by atoms with E-state index in [1.807, 2.05) is 0 Å².